The van der Waals surface area contributed by atoms with E-state index in [2.05, 4.69) is 35.2 Å². The lowest BCUT2D eigenvalue weighted by Gasteiger charge is -2.07. The number of aromatic nitrogens is 3. The summed E-state index contributed by atoms with van der Waals surface area (Å²) in [7, 11) is 0. The van der Waals surface area contributed by atoms with E-state index >= 15 is 0 Å². The Kier molecular flexibility index (Phi) is 3.88. The predicted octanol–water partition coefficient (Wildman–Crippen LogP) is 1.94. The third kappa shape index (κ3) is 2.71. The molecule has 2 heterocycles. The molecule has 0 aliphatic carbocycles. The van der Waals surface area contributed by atoms with E-state index in [1.165, 1.54) is 5.56 Å². The van der Waals surface area contributed by atoms with Crippen molar-refractivity contribution in [3.63, 3.8) is 0 Å². The summed E-state index contributed by atoms with van der Waals surface area (Å²) >= 11 is 0. The van der Waals surface area contributed by atoms with Crippen LogP contribution in [0.25, 0.3) is 5.82 Å². The van der Waals surface area contributed by atoms with Crippen molar-refractivity contribution in [2.45, 2.75) is 26.8 Å². The summed E-state index contributed by atoms with van der Waals surface area (Å²) in [6, 6.07) is 4.14. The molecule has 0 saturated heterocycles. The molecule has 0 aromatic carbocycles. The summed E-state index contributed by atoms with van der Waals surface area (Å²) in [4.78, 5) is 8.70. The van der Waals surface area contributed by atoms with Gasteiger partial charge in [-0.15, -0.1) is 0 Å². The van der Waals surface area contributed by atoms with Crippen molar-refractivity contribution in [1.29, 1.82) is 0 Å². The lowest BCUT2D eigenvalue weighted by atomic mass is 10.2. The van der Waals surface area contributed by atoms with E-state index in [1.807, 2.05) is 29.2 Å². The molecule has 0 amide bonds. The molecule has 0 fully saturated rings. The molecule has 0 saturated carbocycles. The Morgan fingerprint density at radius 3 is 2.88 bits per heavy atom. The van der Waals surface area contributed by atoms with E-state index in [-0.39, 0.29) is 0 Å². The molecule has 0 unspecified atom stereocenters. The van der Waals surface area contributed by atoms with Crippen LogP contribution in [-0.2, 0) is 13.0 Å². The number of imidazole rings is 1. The predicted molar refractivity (Wildman–Crippen MR) is 68.1 cm³/mol. The average molecular weight is 230 g/mol. The van der Waals surface area contributed by atoms with Crippen molar-refractivity contribution < 1.29 is 0 Å². The Morgan fingerprint density at radius 1 is 1.24 bits per heavy atom. The summed E-state index contributed by atoms with van der Waals surface area (Å²) < 4.78 is 2.04. The summed E-state index contributed by atoms with van der Waals surface area (Å²) in [5.74, 6) is 1.98. The van der Waals surface area contributed by atoms with Crippen LogP contribution in [0.2, 0.25) is 0 Å². The first-order valence-corrected chi connectivity index (χ1v) is 6.03. The fraction of sp³-hybridized carbons (Fsp3) is 0.385. The lowest BCUT2D eigenvalue weighted by Crippen LogP contribution is -2.12. The third-order valence-corrected chi connectivity index (χ3v) is 2.67. The van der Waals surface area contributed by atoms with E-state index in [0.29, 0.717) is 0 Å². The number of hydrogen-bond acceptors (Lipinski definition) is 3. The number of nitrogens with one attached hydrogen (secondary N) is 1. The molecule has 0 bridgehead atoms. The van der Waals surface area contributed by atoms with Gasteiger partial charge in [0.1, 0.15) is 11.6 Å². The lowest BCUT2D eigenvalue weighted by molar-refractivity contribution is 0.724. The second-order valence-electron chi connectivity index (χ2n) is 3.87. The Labute approximate surface area is 102 Å². The van der Waals surface area contributed by atoms with Crippen molar-refractivity contribution in [2.75, 3.05) is 6.54 Å². The van der Waals surface area contributed by atoms with Gasteiger partial charge in [-0.1, -0.05) is 13.8 Å². The van der Waals surface area contributed by atoms with Crippen LogP contribution in [0, 0.1) is 0 Å². The monoisotopic (exact) mass is 230 g/mol. The Bertz CT molecular complexity index is 476. The molecular weight excluding hydrogens is 212 g/mol. The summed E-state index contributed by atoms with van der Waals surface area (Å²) in [6.45, 7) is 6.06. The van der Waals surface area contributed by atoms with Crippen LogP contribution in [-0.4, -0.2) is 21.1 Å². The number of nitrogens with zero attached hydrogens (tertiary/aromatic N) is 3. The third-order valence-electron chi connectivity index (χ3n) is 2.67. The highest BCUT2D eigenvalue weighted by Crippen LogP contribution is 2.10. The number of pyridine rings is 1. The van der Waals surface area contributed by atoms with Crippen molar-refractivity contribution in [3.05, 3.63) is 42.1 Å². The summed E-state index contributed by atoms with van der Waals surface area (Å²) in [5.41, 5.74) is 1.24. The molecule has 0 spiro atoms. The second-order valence-corrected chi connectivity index (χ2v) is 3.87. The minimum Gasteiger partial charge on any atom is -0.313 e. The normalized spacial score (nSPS) is 10.7. The van der Waals surface area contributed by atoms with E-state index in [4.69, 9.17) is 0 Å². The molecule has 90 valence electrons. The fourth-order valence-corrected chi connectivity index (χ4v) is 1.78. The molecular formula is C13H18N4. The standard InChI is InChI=1S/C13H18N4/c1-3-12-16-7-8-17(12)13-9-11(5-6-15-13)10-14-4-2/h5-9,14H,3-4,10H2,1-2H3. The molecule has 0 aliphatic rings. The topological polar surface area (TPSA) is 42.7 Å². The zero-order valence-corrected chi connectivity index (χ0v) is 10.3. The van der Waals surface area contributed by atoms with Crippen LogP contribution in [0.1, 0.15) is 25.2 Å². The number of hydrogen-bond donors (Lipinski definition) is 1. The molecule has 17 heavy (non-hydrogen) atoms. The molecule has 1 N–H and O–H groups in total. The first kappa shape index (κ1) is 11.8. The quantitative estimate of drug-likeness (QED) is 0.853. The van der Waals surface area contributed by atoms with Crippen LogP contribution in [0.5, 0.6) is 0 Å². The van der Waals surface area contributed by atoms with Gasteiger partial charge in [0.2, 0.25) is 0 Å². The molecule has 4 nitrogen and oxygen atoms in total. The van der Waals surface area contributed by atoms with E-state index < -0.39 is 0 Å². The van der Waals surface area contributed by atoms with Crippen LogP contribution in [0.3, 0.4) is 0 Å². The first-order valence-electron chi connectivity index (χ1n) is 6.03. The summed E-state index contributed by atoms with van der Waals surface area (Å²) in [5, 5.41) is 3.31. The largest absolute Gasteiger partial charge is 0.313 e. The molecule has 2 aromatic rings. The highest BCUT2D eigenvalue weighted by atomic mass is 15.1. The van der Waals surface area contributed by atoms with Crippen molar-refractivity contribution in [3.8, 4) is 5.82 Å². The number of rotatable bonds is 5. The molecule has 4 heteroatoms. The van der Waals surface area contributed by atoms with Crippen LogP contribution in [0.4, 0.5) is 0 Å². The van der Waals surface area contributed by atoms with Gasteiger partial charge in [0.25, 0.3) is 0 Å². The van der Waals surface area contributed by atoms with Crippen LogP contribution < -0.4 is 5.32 Å². The van der Waals surface area contributed by atoms with Gasteiger partial charge in [0.15, 0.2) is 0 Å². The van der Waals surface area contributed by atoms with Gasteiger partial charge in [-0.3, -0.25) is 4.57 Å². The van der Waals surface area contributed by atoms with E-state index in [9.17, 15) is 0 Å². The zero-order valence-electron chi connectivity index (χ0n) is 10.3. The van der Waals surface area contributed by atoms with Gasteiger partial charge in [0, 0.05) is 31.6 Å². The minimum absolute atomic E-state index is 0.877. The summed E-state index contributed by atoms with van der Waals surface area (Å²) in [6.07, 6.45) is 6.53. The van der Waals surface area contributed by atoms with Crippen LogP contribution >= 0.6 is 0 Å². The molecule has 0 atom stereocenters. The SMILES string of the molecule is CCNCc1ccnc(-n2ccnc2CC)c1. The van der Waals surface area contributed by atoms with Gasteiger partial charge < -0.3 is 5.32 Å². The molecule has 2 rings (SSSR count). The van der Waals surface area contributed by atoms with Gasteiger partial charge >= 0.3 is 0 Å². The van der Waals surface area contributed by atoms with Crippen molar-refractivity contribution >= 4 is 0 Å². The average Bonchev–Trinajstić information content (AvgIpc) is 2.85. The maximum Gasteiger partial charge on any atom is 0.138 e. The Balaban J connectivity index is 2.26. The van der Waals surface area contributed by atoms with Crippen molar-refractivity contribution in [2.24, 2.45) is 0 Å². The maximum atomic E-state index is 4.39. The second kappa shape index (κ2) is 5.59. The first-order chi connectivity index (χ1) is 8.35. The van der Waals surface area contributed by atoms with Gasteiger partial charge in [-0.2, -0.15) is 0 Å². The van der Waals surface area contributed by atoms with E-state index in [0.717, 1.165) is 31.2 Å². The fourth-order valence-electron chi connectivity index (χ4n) is 1.78. The Hall–Kier alpha value is -1.68. The maximum absolute atomic E-state index is 4.39. The molecule has 0 aliphatic heterocycles. The smallest absolute Gasteiger partial charge is 0.138 e. The molecule has 0 radical (unpaired) electrons. The Morgan fingerprint density at radius 2 is 2.12 bits per heavy atom. The minimum atomic E-state index is 0.877. The zero-order chi connectivity index (χ0) is 12.1. The van der Waals surface area contributed by atoms with Crippen molar-refractivity contribution in [1.82, 2.24) is 19.9 Å². The van der Waals surface area contributed by atoms with Gasteiger partial charge in [-0.25, -0.2) is 9.97 Å². The van der Waals surface area contributed by atoms with Gasteiger partial charge in [0.05, 0.1) is 0 Å². The highest BCUT2D eigenvalue weighted by molar-refractivity contribution is 5.29. The van der Waals surface area contributed by atoms with Crippen LogP contribution in [0.15, 0.2) is 30.7 Å². The molecule has 2 aromatic heterocycles. The van der Waals surface area contributed by atoms with Gasteiger partial charge in [-0.05, 0) is 24.2 Å². The highest BCUT2D eigenvalue weighted by Gasteiger charge is 2.04. The number of aryl methyl sites for hydroxylation is 1. The van der Waals surface area contributed by atoms with E-state index in [1.54, 1.807) is 0 Å².